The van der Waals surface area contributed by atoms with Crippen molar-refractivity contribution in [3.8, 4) is 0 Å². The van der Waals surface area contributed by atoms with Gasteiger partial charge in [0.15, 0.2) is 0 Å². The molecule has 0 spiro atoms. The van der Waals surface area contributed by atoms with Crippen molar-refractivity contribution in [3.63, 3.8) is 0 Å². The maximum absolute atomic E-state index is 12.2. The van der Waals surface area contributed by atoms with Crippen molar-refractivity contribution in [1.29, 1.82) is 0 Å². The molecule has 2 rings (SSSR count). The lowest BCUT2D eigenvalue weighted by atomic mass is 10.0. The van der Waals surface area contributed by atoms with Gasteiger partial charge in [-0.3, -0.25) is 4.90 Å². The summed E-state index contributed by atoms with van der Waals surface area (Å²) in [5.74, 6) is 0.427. The molecule has 0 bridgehead atoms. The number of likely N-dealkylation sites (tertiary alicyclic amines) is 1. The summed E-state index contributed by atoms with van der Waals surface area (Å²) in [5.41, 5.74) is 5.27. The average molecular weight is 242 g/mol. The van der Waals surface area contributed by atoms with E-state index in [2.05, 4.69) is 0 Å². The van der Waals surface area contributed by atoms with E-state index in [4.69, 9.17) is 15.2 Å². The van der Waals surface area contributed by atoms with Crippen LogP contribution in [0.1, 0.15) is 27.2 Å². The van der Waals surface area contributed by atoms with E-state index < -0.39 is 5.60 Å². The Kier molecular flexibility index (Phi) is 3.32. The van der Waals surface area contributed by atoms with Crippen LogP contribution in [0, 0.1) is 5.92 Å². The Balaban J connectivity index is 2.08. The number of hydrogen-bond acceptors (Lipinski definition) is 4. The molecule has 17 heavy (non-hydrogen) atoms. The highest BCUT2D eigenvalue weighted by Gasteiger charge is 2.47. The molecule has 2 N–H and O–H groups in total. The summed E-state index contributed by atoms with van der Waals surface area (Å²) in [6, 6.07) is 0.252. The predicted octanol–water partition coefficient (Wildman–Crippen LogP) is 0.969. The van der Waals surface area contributed by atoms with Gasteiger partial charge in [0.2, 0.25) is 0 Å². The first-order valence-electron chi connectivity index (χ1n) is 6.21. The summed E-state index contributed by atoms with van der Waals surface area (Å²) >= 11 is 0. The van der Waals surface area contributed by atoms with E-state index in [0.717, 1.165) is 13.0 Å². The van der Waals surface area contributed by atoms with Crippen LogP contribution in [0.2, 0.25) is 0 Å². The summed E-state index contributed by atoms with van der Waals surface area (Å²) in [6.07, 6.45) is 0.673. The zero-order valence-electron chi connectivity index (χ0n) is 10.8. The number of carbonyl (C=O) groups excluding carboxylic acids is 1. The van der Waals surface area contributed by atoms with Crippen LogP contribution in [0.15, 0.2) is 0 Å². The highest BCUT2D eigenvalue weighted by atomic mass is 16.6. The van der Waals surface area contributed by atoms with E-state index >= 15 is 0 Å². The normalized spacial score (nSPS) is 32.7. The fraction of sp³-hybridized carbons (Fsp3) is 0.917. The number of nitrogens with two attached hydrogens (primary N) is 1. The number of hydrogen-bond donors (Lipinski definition) is 1. The molecule has 0 aromatic heterocycles. The van der Waals surface area contributed by atoms with Gasteiger partial charge in [-0.2, -0.15) is 0 Å². The zero-order valence-corrected chi connectivity index (χ0v) is 10.8. The predicted molar refractivity (Wildman–Crippen MR) is 63.6 cm³/mol. The highest BCUT2D eigenvalue weighted by Crippen LogP contribution is 2.35. The Hall–Kier alpha value is -0.810. The van der Waals surface area contributed by atoms with Gasteiger partial charge in [0, 0.05) is 18.5 Å². The maximum atomic E-state index is 12.2. The molecule has 2 aliphatic rings. The molecular formula is C12H22N2O3. The Morgan fingerprint density at radius 2 is 2.18 bits per heavy atom. The molecule has 1 amide bonds. The molecule has 2 saturated heterocycles. The molecule has 2 heterocycles. The Morgan fingerprint density at radius 1 is 1.47 bits per heavy atom. The van der Waals surface area contributed by atoms with Crippen molar-refractivity contribution in [2.24, 2.45) is 11.7 Å². The number of rotatable bonds is 1. The minimum Gasteiger partial charge on any atom is -0.444 e. The van der Waals surface area contributed by atoms with Gasteiger partial charge in [-0.05, 0) is 27.2 Å². The summed E-state index contributed by atoms with van der Waals surface area (Å²) < 4.78 is 10.9. The highest BCUT2D eigenvalue weighted by molar-refractivity contribution is 5.69. The molecule has 3 atom stereocenters. The molecule has 98 valence electrons. The minimum absolute atomic E-state index is 0.101. The van der Waals surface area contributed by atoms with Gasteiger partial charge >= 0.3 is 6.09 Å². The first-order chi connectivity index (χ1) is 7.92. The molecule has 2 aliphatic heterocycles. The number of amides is 1. The van der Waals surface area contributed by atoms with Gasteiger partial charge in [0.25, 0.3) is 0 Å². The minimum atomic E-state index is -0.465. The van der Waals surface area contributed by atoms with Gasteiger partial charge < -0.3 is 15.2 Å². The van der Waals surface area contributed by atoms with Gasteiger partial charge in [-0.1, -0.05) is 0 Å². The summed E-state index contributed by atoms with van der Waals surface area (Å²) in [6.45, 7) is 7.47. The summed E-state index contributed by atoms with van der Waals surface area (Å²) in [4.78, 5) is 14.0. The monoisotopic (exact) mass is 242 g/mol. The number of ether oxygens (including phenoxy) is 2. The fourth-order valence-corrected chi connectivity index (χ4v) is 2.66. The van der Waals surface area contributed by atoms with Gasteiger partial charge in [-0.25, -0.2) is 4.79 Å². The Labute approximate surface area is 102 Å². The van der Waals surface area contributed by atoms with Crippen LogP contribution in [0.5, 0.6) is 0 Å². The van der Waals surface area contributed by atoms with E-state index in [0.29, 0.717) is 19.1 Å². The molecule has 0 aromatic carbocycles. The maximum Gasteiger partial charge on any atom is 0.410 e. The van der Waals surface area contributed by atoms with Gasteiger partial charge in [-0.15, -0.1) is 0 Å². The van der Waals surface area contributed by atoms with Crippen LogP contribution in [0.4, 0.5) is 4.79 Å². The lowest BCUT2D eigenvalue weighted by molar-refractivity contribution is 0.0114. The number of carbonyl (C=O) groups is 1. The Morgan fingerprint density at radius 3 is 2.76 bits per heavy atom. The van der Waals surface area contributed by atoms with E-state index in [9.17, 15) is 4.79 Å². The topological polar surface area (TPSA) is 64.8 Å². The fourth-order valence-electron chi connectivity index (χ4n) is 2.66. The van der Waals surface area contributed by atoms with Crippen molar-refractivity contribution in [3.05, 3.63) is 0 Å². The lowest BCUT2D eigenvalue weighted by Crippen LogP contribution is -2.47. The van der Waals surface area contributed by atoms with Crippen LogP contribution >= 0.6 is 0 Å². The first-order valence-corrected chi connectivity index (χ1v) is 6.21. The lowest BCUT2D eigenvalue weighted by Gasteiger charge is -2.31. The van der Waals surface area contributed by atoms with Crippen molar-refractivity contribution in [2.75, 3.05) is 19.8 Å². The van der Waals surface area contributed by atoms with E-state index in [1.807, 2.05) is 20.8 Å². The smallest absolute Gasteiger partial charge is 0.410 e. The van der Waals surface area contributed by atoms with Crippen LogP contribution in [-0.4, -0.2) is 48.4 Å². The van der Waals surface area contributed by atoms with Crippen LogP contribution < -0.4 is 5.73 Å². The van der Waals surface area contributed by atoms with Crippen molar-refractivity contribution in [2.45, 2.75) is 44.9 Å². The molecule has 0 aliphatic carbocycles. The van der Waals surface area contributed by atoms with Gasteiger partial charge in [0.1, 0.15) is 5.60 Å². The van der Waals surface area contributed by atoms with Crippen LogP contribution in [-0.2, 0) is 9.47 Å². The van der Waals surface area contributed by atoms with Crippen molar-refractivity contribution in [1.82, 2.24) is 4.90 Å². The summed E-state index contributed by atoms with van der Waals surface area (Å²) in [7, 11) is 0. The third-order valence-corrected chi connectivity index (χ3v) is 3.37. The summed E-state index contributed by atoms with van der Waals surface area (Å²) in [5, 5.41) is 0. The second-order valence-corrected chi connectivity index (χ2v) is 5.88. The molecule has 0 saturated carbocycles. The SMILES string of the molecule is CC(C)(C)OC(=O)N1C(CN)CC2COCC21. The van der Waals surface area contributed by atoms with Crippen LogP contribution in [0.25, 0.3) is 0 Å². The second kappa shape index (κ2) is 4.46. The molecule has 0 aromatic rings. The number of fused-ring (bicyclic) bond motifs is 1. The van der Waals surface area contributed by atoms with E-state index in [-0.39, 0.29) is 18.2 Å². The van der Waals surface area contributed by atoms with Crippen molar-refractivity contribution >= 4 is 6.09 Å². The quantitative estimate of drug-likeness (QED) is 0.744. The largest absolute Gasteiger partial charge is 0.444 e. The first kappa shape index (κ1) is 12.6. The standard InChI is InChI=1S/C12H22N2O3/c1-12(2,3)17-11(15)14-9(5-13)4-8-6-16-7-10(8)14/h8-10H,4-7,13H2,1-3H3. The molecule has 3 unspecified atom stereocenters. The molecule has 5 nitrogen and oxygen atoms in total. The van der Waals surface area contributed by atoms with Gasteiger partial charge in [0.05, 0.1) is 19.3 Å². The third-order valence-electron chi connectivity index (χ3n) is 3.37. The van der Waals surface area contributed by atoms with Crippen molar-refractivity contribution < 1.29 is 14.3 Å². The average Bonchev–Trinajstić information content (AvgIpc) is 2.71. The van der Waals surface area contributed by atoms with E-state index in [1.54, 1.807) is 4.90 Å². The zero-order chi connectivity index (χ0) is 12.6. The Bertz CT molecular complexity index is 301. The third kappa shape index (κ3) is 2.55. The number of nitrogens with zero attached hydrogens (tertiary/aromatic N) is 1. The van der Waals surface area contributed by atoms with Crippen LogP contribution in [0.3, 0.4) is 0 Å². The van der Waals surface area contributed by atoms with E-state index in [1.165, 1.54) is 0 Å². The molecular weight excluding hydrogens is 220 g/mol. The molecule has 2 fully saturated rings. The second-order valence-electron chi connectivity index (χ2n) is 5.88. The molecule has 0 radical (unpaired) electrons. The molecule has 5 heteroatoms.